The van der Waals surface area contributed by atoms with Crippen LogP contribution in [-0.2, 0) is 11.2 Å². The molecule has 1 aromatic carbocycles. The molecule has 0 aromatic heterocycles. The smallest absolute Gasteiger partial charge is 0.303 e. The normalized spacial score (nSPS) is 12.7. The van der Waals surface area contributed by atoms with Crippen molar-refractivity contribution in [2.45, 2.75) is 26.2 Å². The van der Waals surface area contributed by atoms with Gasteiger partial charge < -0.3 is 19.9 Å². The van der Waals surface area contributed by atoms with Gasteiger partial charge in [-0.25, -0.2) is 0 Å². The zero-order chi connectivity index (χ0) is 13.7. The molecule has 0 unspecified atom stereocenters. The van der Waals surface area contributed by atoms with Gasteiger partial charge >= 0.3 is 5.97 Å². The summed E-state index contributed by atoms with van der Waals surface area (Å²) < 4.78 is 10.7. The number of nitrogens with one attached hydrogen (secondary N) is 1. The summed E-state index contributed by atoms with van der Waals surface area (Å²) in [5, 5.41) is 11.8. The molecule has 0 saturated heterocycles. The summed E-state index contributed by atoms with van der Waals surface area (Å²) in [6.07, 6.45) is 1.78. The predicted octanol–water partition coefficient (Wildman–Crippen LogP) is 1.72. The number of hydrogen-bond donors (Lipinski definition) is 2. The van der Waals surface area contributed by atoms with E-state index in [1.165, 1.54) is 11.1 Å². The van der Waals surface area contributed by atoms with Crippen molar-refractivity contribution in [2.75, 3.05) is 19.9 Å². The minimum absolute atomic E-state index is 0.218. The Bertz CT molecular complexity index is 459. The number of carboxylic acid groups (broad SMARTS) is 1. The average Bonchev–Trinajstić information content (AvgIpc) is 2.80. The van der Waals surface area contributed by atoms with Crippen LogP contribution in [0.15, 0.2) is 12.1 Å². The molecule has 0 saturated carbocycles. The van der Waals surface area contributed by atoms with Crippen molar-refractivity contribution in [3.63, 3.8) is 0 Å². The summed E-state index contributed by atoms with van der Waals surface area (Å²) >= 11 is 0. The highest BCUT2D eigenvalue weighted by Crippen LogP contribution is 2.34. The van der Waals surface area contributed by atoms with E-state index in [1.54, 1.807) is 0 Å². The molecule has 0 amide bonds. The molecule has 1 aromatic rings. The minimum Gasteiger partial charge on any atom is -0.481 e. The number of rotatable bonds is 7. The molecule has 0 radical (unpaired) electrons. The van der Waals surface area contributed by atoms with Crippen LogP contribution in [0.3, 0.4) is 0 Å². The summed E-state index contributed by atoms with van der Waals surface area (Å²) in [7, 11) is 0. The zero-order valence-electron chi connectivity index (χ0n) is 11.1. The van der Waals surface area contributed by atoms with Gasteiger partial charge in [-0.2, -0.15) is 0 Å². The van der Waals surface area contributed by atoms with E-state index in [0.29, 0.717) is 13.2 Å². The lowest BCUT2D eigenvalue weighted by molar-refractivity contribution is -0.137. The number of aliphatic carboxylic acids is 1. The minimum atomic E-state index is -0.742. The number of fused-ring (bicyclic) bond motifs is 1. The highest BCUT2D eigenvalue weighted by molar-refractivity contribution is 5.66. The van der Waals surface area contributed by atoms with Crippen molar-refractivity contribution < 1.29 is 19.4 Å². The van der Waals surface area contributed by atoms with E-state index in [1.807, 2.05) is 12.1 Å². The van der Waals surface area contributed by atoms with Crippen molar-refractivity contribution in [3.05, 3.63) is 23.3 Å². The van der Waals surface area contributed by atoms with Gasteiger partial charge in [0.1, 0.15) is 0 Å². The van der Waals surface area contributed by atoms with Crippen LogP contribution in [-0.4, -0.2) is 31.0 Å². The molecule has 0 aliphatic carbocycles. The van der Waals surface area contributed by atoms with Gasteiger partial charge in [0.2, 0.25) is 6.79 Å². The Hall–Kier alpha value is -1.75. The van der Waals surface area contributed by atoms with Gasteiger partial charge in [-0.05, 0) is 56.1 Å². The van der Waals surface area contributed by atoms with Crippen LogP contribution < -0.4 is 14.8 Å². The molecule has 1 aliphatic rings. The first kappa shape index (κ1) is 13.7. The molecule has 0 fully saturated rings. The van der Waals surface area contributed by atoms with E-state index < -0.39 is 5.97 Å². The summed E-state index contributed by atoms with van der Waals surface area (Å²) in [4.78, 5) is 10.4. The maximum Gasteiger partial charge on any atom is 0.303 e. The lowest BCUT2D eigenvalue weighted by atomic mass is 10.0. The molecule has 19 heavy (non-hydrogen) atoms. The highest BCUT2D eigenvalue weighted by Gasteiger charge is 2.15. The Balaban J connectivity index is 1.75. The number of carboxylic acids is 1. The topological polar surface area (TPSA) is 67.8 Å². The maximum absolute atomic E-state index is 10.4. The van der Waals surface area contributed by atoms with Crippen molar-refractivity contribution in [1.82, 2.24) is 5.32 Å². The molecule has 5 heteroatoms. The molecule has 0 bridgehead atoms. The first-order chi connectivity index (χ1) is 9.16. The lowest BCUT2D eigenvalue weighted by Gasteiger charge is -2.08. The van der Waals surface area contributed by atoms with Gasteiger partial charge in [-0.15, -0.1) is 0 Å². The first-order valence-electron chi connectivity index (χ1n) is 6.48. The fourth-order valence-electron chi connectivity index (χ4n) is 2.07. The second-order valence-corrected chi connectivity index (χ2v) is 4.63. The van der Waals surface area contributed by atoms with Gasteiger partial charge in [0.15, 0.2) is 11.5 Å². The number of aryl methyl sites for hydroxylation is 1. The Labute approximate surface area is 112 Å². The molecule has 2 rings (SSSR count). The van der Waals surface area contributed by atoms with Crippen LogP contribution in [0.25, 0.3) is 0 Å². The van der Waals surface area contributed by atoms with Crippen LogP contribution in [0.1, 0.15) is 24.0 Å². The number of hydrogen-bond acceptors (Lipinski definition) is 4. The fraction of sp³-hybridized carbons (Fsp3) is 0.500. The van der Waals surface area contributed by atoms with E-state index in [4.69, 9.17) is 14.6 Å². The summed E-state index contributed by atoms with van der Waals surface area (Å²) in [6.45, 7) is 3.92. The van der Waals surface area contributed by atoms with Crippen LogP contribution in [0, 0.1) is 6.92 Å². The number of benzene rings is 1. The van der Waals surface area contributed by atoms with Crippen LogP contribution in [0.2, 0.25) is 0 Å². The van der Waals surface area contributed by atoms with E-state index in [0.717, 1.165) is 31.0 Å². The first-order valence-corrected chi connectivity index (χ1v) is 6.48. The quantitative estimate of drug-likeness (QED) is 0.735. The molecule has 2 N–H and O–H groups in total. The molecule has 0 atom stereocenters. The molecular weight excluding hydrogens is 246 g/mol. The van der Waals surface area contributed by atoms with Crippen molar-refractivity contribution in [1.29, 1.82) is 0 Å². The van der Waals surface area contributed by atoms with Crippen LogP contribution in [0.4, 0.5) is 0 Å². The molecule has 5 nitrogen and oxygen atoms in total. The van der Waals surface area contributed by atoms with Crippen molar-refractivity contribution in [2.24, 2.45) is 0 Å². The second kappa shape index (κ2) is 6.43. The average molecular weight is 265 g/mol. The third-order valence-electron chi connectivity index (χ3n) is 3.15. The van der Waals surface area contributed by atoms with Gasteiger partial charge in [-0.3, -0.25) is 4.79 Å². The molecule has 0 spiro atoms. The largest absolute Gasteiger partial charge is 0.481 e. The Morgan fingerprint density at radius 2 is 2.05 bits per heavy atom. The zero-order valence-corrected chi connectivity index (χ0v) is 11.1. The number of ether oxygens (including phenoxy) is 2. The van der Waals surface area contributed by atoms with E-state index >= 15 is 0 Å². The van der Waals surface area contributed by atoms with Gasteiger partial charge in [0, 0.05) is 6.42 Å². The summed E-state index contributed by atoms with van der Waals surface area (Å²) in [5.41, 5.74) is 2.42. The third kappa shape index (κ3) is 3.86. The highest BCUT2D eigenvalue weighted by atomic mass is 16.7. The number of carbonyl (C=O) groups is 1. The predicted molar refractivity (Wildman–Crippen MR) is 70.7 cm³/mol. The standard InChI is InChI=1S/C14H19NO4/c1-10-7-12-13(19-9-18-12)8-11(10)4-6-15-5-2-3-14(16)17/h7-8,15H,2-6,9H2,1H3,(H,16,17). The van der Waals surface area contributed by atoms with Gasteiger partial charge in [0.25, 0.3) is 0 Å². The monoisotopic (exact) mass is 265 g/mol. The Kier molecular flexibility index (Phi) is 4.63. The molecular formula is C14H19NO4. The Morgan fingerprint density at radius 1 is 1.32 bits per heavy atom. The lowest BCUT2D eigenvalue weighted by Crippen LogP contribution is -2.19. The van der Waals surface area contributed by atoms with Gasteiger partial charge in [0.05, 0.1) is 0 Å². The maximum atomic E-state index is 10.4. The van der Waals surface area contributed by atoms with Crippen molar-refractivity contribution in [3.8, 4) is 11.5 Å². The molecule has 104 valence electrons. The summed E-state index contributed by atoms with van der Waals surface area (Å²) in [6, 6.07) is 4.03. The molecule has 1 aliphatic heterocycles. The van der Waals surface area contributed by atoms with Crippen LogP contribution >= 0.6 is 0 Å². The van der Waals surface area contributed by atoms with Gasteiger partial charge in [-0.1, -0.05) is 0 Å². The van der Waals surface area contributed by atoms with E-state index in [9.17, 15) is 4.79 Å². The second-order valence-electron chi connectivity index (χ2n) is 4.63. The summed E-state index contributed by atoms with van der Waals surface area (Å²) in [5.74, 6) is 0.885. The van der Waals surface area contributed by atoms with E-state index in [-0.39, 0.29) is 6.42 Å². The fourth-order valence-corrected chi connectivity index (χ4v) is 2.07. The Morgan fingerprint density at radius 3 is 2.79 bits per heavy atom. The SMILES string of the molecule is Cc1cc2c(cc1CCNCCCC(=O)O)OCO2. The molecule has 1 heterocycles. The van der Waals surface area contributed by atoms with Crippen LogP contribution in [0.5, 0.6) is 11.5 Å². The third-order valence-corrected chi connectivity index (χ3v) is 3.15. The van der Waals surface area contributed by atoms with Crippen molar-refractivity contribution >= 4 is 5.97 Å². The van der Waals surface area contributed by atoms with E-state index in [2.05, 4.69) is 12.2 Å².